The van der Waals surface area contributed by atoms with Gasteiger partial charge in [0.2, 0.25) is 11.8 Å². The maximum Gasteiger partial charge on any atom is 0.262 e. The molecule has 1 aromatic rings. The second-order valence-corrected chi connectivity index (χ2v) is 7.25. The Hall–Kier alpha value is -2.78. The van der Waals surface area contributed by atoms with Crippen LogP contribution in [0.15, 0.2) is 18.2 Å². The van der Waals surface area contributed by atoms with Gasteiger partial charge >= 0.3 is 0 Å². The highest BCUT2D eigenvalue weighted by Crippen LogP contribution is 2.30. The molecule has 3 rings (SSSR count). The van der Waals surface area contributed by atoms with Crippen molar-refractivity contribution in [2.75, 3.05) is 26.4 Å². The number of ether oxygens (including phenoxy) is 2. The molecule has 2 N–H and O–H groups in total. The number of nitrogens with one attached hydrogen (secondary N) is 1. The van der Waals surface area contributed by atoms with Gasteiger partial charge < -0.3 is 14.6 Å². The number of benzene rings is 1. The van der Waals surface area contributed by atoms with Crippen LogP contribution in [0.1, 0.15) is 59.2 Å². The molecule has 2 aliphatic heterocycles. The SMILES string of the molecule is O=C1CCC(N2C(=O)c3ccc(OCCCCOCCCCO)cc3C2=O)C(=O)N1. The molecular weight excluding hydrogens is 392 g/mol. The summed E-state index contributed by atoms with van der Waals surface area (Å²) < 4.78 is 11.1. The summed E-state index contributed by atoms with van der Waals surface area (Å²) in [6, 6.07) is 3.70. The summed E-state index contributed by atoms with van der Waals surface area (Å²) in [5, 5.41) is 10.9. The molecule has 0 aliphatic carbocycles. The van der Waals surface area contributed by atoms with E-state index in [0.29, 0.717) is 25.6 Å². The fourth-order valence-corrected chi connectivity index (χ4v) is 3.45. The van der Waals surface area contributed by atoms with Crippen LogP contribution in [-0.4, -0.2) is 66.1 Å². The van der Waals surface area contributed by atoms with Gasteiger partial charge in [-0.1, -0.05) is 0 Å². The third-order valence-electron chi connectivity index (χ3n) is 5.06. The molecule has 0 saturated carbocycles. The van der Waals surface area contributed by atoms with E-state index in [0.717, 1.165) is 30.6 Å². The molecule has 2 heterocycles. The molecule has 0 bridgehead atoms. The molecule has 1 aromatic carbocycles. The van der Waals surface area contributed by atoms with Gasteiger partial charge in [0.05, 0.1) is 17.7 Å². The van der Waals surface area contributed by atoms with Crippen molar-refractivity contribution in [1.82, 2.24) is 10.2 Å². The smallest absolute Gasteiger partial charge is 0.262 e. The number of rotatable bonds is 11. The van der Waals surface area contributed by atoms with E-state index >= 15 is 0 Å². The number of amides is 4. The number of piperidine rings is 1. The molecule has 1 fully saturated rings. The van der Waals surface area contributed by atoms with Crippen LogP contribution in [0.3, 0.4) is 0 Å². The highest BCUT2D eigenvalue weighted by molar-refractivity contribution is 6.23. The quantitative estimate of drug-likeness (QED) is 0.407. The number of nitrogens with zero attached hydrogens (tertiary/aromatic N) is 1. The van der Waals surface area contributed by atoms with Crippen LogP contribution >= 0.6 is 0 Å². The van der Waals surface area contributed by atoms with Gasteiger partial charge in [-0.25, -0.2) is 0 Å². The Morgan fingerprint density at radius 1 is 0.967 bits per heavy atom. The first kappa shape index (κ1) is 21.9. The van der Waals surface area contributed by atoms with Crippen LogP contribution in [0.4, 0.5) is 0 Å². The second-order valence-electron chi connectivity index (χ2n) is 7.25. The number of hydrogen-bond donors (Lipinski definition) is 2. The van der Waals surface area contributed by atoms with Crippen LogP contribution in [0, 0.1) is 0 Å². The largest absolute Gasteiger partial charge is 0.494 e. The number of unbranched alkanes of at least 4 members (excludes halogenated alkanes) is 2. The van der Waals surface area contributed by atoms with Crippen molar-refractivity contribution in [3.8, 4) is 5.75 Å². The lowest BCUT2D eigenvalue weighted by Gasteiger charge is -2.27. The van der Waals surface area contributed by atoms with Gasteiger partial charge in [-0.2, -0.15) is 0 Å². The summed E-state index contributed by atoms with van der Waals surface area (Å²) in [5.41, 5.74) is 0.433. The number of aliphatic hydroxyl groups excluding tert-OH is 1. The Kier molecular flexibility index (Phi) is 7.53. The molecule has 1 atom stereocenters. The van der Waals surface area contributed by atoms with Crippen molar-refractivity contribution < 1.29 is 33.8 Å². The molecule has 1 saturated heterocycles. The Morgan fingerprint density at radius 2 is 1.67 bits per heavy atom. The number of carbonyl (C=O) groups excluding carboxylic acids is 4. The molecule has 9 nitrogen and oxygen atoms in total. The molecular formula is C21H26N2O7. The Morgan fingerprint density at radius 3 is 2.40 bits per heavy atom. The van der Waals surface area contributed by atoms with Gasteiger partial charge in [-0.05, 0) is 50.3 Å². The molecule has 1 unspecified atom stereocenters. The van der Waals surface area contributed by atoms with E-state index in [9.17, 15) is 19.2 Å². The van der Waals surface area contributed by atoms with Crippen molar-refractivity contribution in [3.05, 3.63) is 29.3 Å². The average molecular weight is 418 g/mol. The zero-order valence-electron chi connectivity index (χ0n) is 16.7. The number of fused-ring (bicyclic) bond motifs is 1. The van der Waals surface area contributed by atoms with Crippen molar-refractivity contribution in [2.45, 2.75) is 44.6 Å². The summed E-state index contributed by atoms with van der Waals surface area (Å²) in [6.45, 7) is 1.87. The third-order valence-corrected chi connectivity index (χ3v) is 5.06. The monoisotopic (exact) mass is 418 g/mol. The minimum atomic E-state index is -0.975. The molecule has 9 heteroatoms. The predicted molar refractivity (Wildman–Crippen MR) is 105 cm³/mol. The summed E-state index contributed by atoms with van der Waals surface area (Å²) in [4.78, 5) is 49.7. The molecule has 0 aromatic heterocycles. The van der Waals surface area contributed by atoms with Crippen LogP contribution in [0.5, 0.6) is 5.75 Å². The summed E-state index contributed by atoms with van der Waals surface area (Å²) in [6.07, 6.45) is 3.39. The lowest BCUT2D eigenvalue weighted by atomic mass is 10.0. The maximum atomic E-state index is 12.8. The number of aliphatic hydroxyl groups is 1. The fraction of sp³-hybridized carbons (Fsp3) is 0.524. The highest BCUT2D eigenvalue weighted by Gasteiger charge is 2.44. The van der Waals surface area contributed by atoms with Crippen molar-refractivity contribution >= 4 is 23.6 Å². The van der Waals surface area contributed by atoms with Crippen molar-refractivity contribution in [1.29, 1.82) is 0 Å². The zero-order chi connectivity index (χ0) is 21.5. The normalized spacial score (nSPS) is 18.6. The minimum Gasteiger partial charge on any atom is -0.494 e. The zero-order valence-corrected chi connectivity index (χ0v) is 16.7. The van der Waals surface area contributed by atoms with E-state index in [2.05, 4.69) is 5.32 Å². The molecule has 0 spiro atoms. The number of imide groups is 2. The Balaban J connectivity index is 1.50. The van der Waals surface area contributed by atoms with Gasteiger partial charge in [-0.3, -0.25) is 29.4 Å². The van der Waals surface area contributed by atoms with E-state index < -0.39 is 29.7 Å². The topological polar surface area (TPSA) is 122 Å². The van der Waals surface area contributed by atoms with Gasteiger partial charge in [0, 0.05) is 26.2 Å². The predicted octanol–water partition coefficient (Wildman–Crippen LogP) is 1.04. The minimum absolute atomic E-state index is 0.0866. The summed E-state index contributed by atoms with van der Waals surface area (Å²) in [7, 11) is 0. The van der Waals surface area contributed by atoms with Gasteiger partial charge in [0.1, 0.15) is 11.8 Å². The van der Waals surface area contributed by atoms with E-state index in [4.69, 9.17) is 14.6 Å². The lowest BCUT2D eigenvalue weighted by molar-refractivity contribution is -0.136. The molecule has 30 heavy (non-hydrogen) atoms. The Labute approximate surface area is 174 Å². The van der Waals surface area contributed by atoms with Crippen LogP contribution in [0.25, 0.3) is 0 Å². The molecule has 162 valence electrons. The van der Waals surface area contributed by atoms with Crippen LogP contribution in [-0.2, 0) is 14.3 Å². The van der Waals surface area contributed by atoms with E-state index in [1.54, 1.807) is 6.07 Å². The Bertz CT molecular complexity index is 824. The summed E-state index contributed by atoms with van der Waals surface area (Å²) >= 11 is 0. The van der Waals surface area contributed by atoms with E-state index in [1.165, 1.54) is 12.1 Å². The first-order valence-corrected chi connectivity index (χ1v) is 10.2. The fourth-order valence-electron chi connectivity index (χ4n) is 3.45. The first-order chi connectivity index (χ1) is 14.5. The van der Waals surface area contributed by atoms with Crippen molar-refractivity contribution in [2.24, 2.45) is 0 Å². The van der Waals surface area contributed by atoms with E-state index in [1.807, 2.05) is 0 Å². The maximum absolute atomic E-state index is 12.8. The number of hydrogen-bond acceptors (Lipinski definition) is 7. The van der Waals surface area contributed by atoms with Crippen LogP contribution < -0.4 is 10.1 Å². The average Bonchev–Trinajstić information content (AvgIpc) is 2.97. The van der Waals surface area contributed by atoms with Gasteiger partial charge in [-0.15, -0.1) is 0 Å². The van der Waals surface area contributed by atoms with Crippen LogP contribution in [0.2, 0.25) is 0 Å². The molecule has 2 aliphatic rings. The standard InChI is InChI=1S/C21H26N2O7/c24-9-1-2-10-29-11-3-4-12-30-14-5-6-15-16(13-14)21(28)23(20(15)27)17-7-8-18(25)22-19(17)26/h5-6,13,17,24H,1-4,7-12H2,(H,22,25,26). The van der Waals surface area contributed by atoms with Gasteiger partial charge in [0.15, 0.2) is 0 Å². The first-order valence-electron chi connectivity index (χ1n) is 10.2. The van der Waals surface area contributed by atoms with E-state index in [-0.39, 0.29) is 30.6 Å². The lowest BCUT2D eigenvalue weighted by Crippen LogP contribution is -2.54. The van der Waals surface area contributed by atoms with Gasteiger partial charge in [0.25, 0.3) is 11.8 Å². The highest BCUT2D eigenvalue weighted by atomic mass is 16.5. The summed E-state index contributed by atoms with van der Waals surface area (Å²) in [5.74, 6) is -1.64. The van der Waals surface area contributed by atoms with Crippen molar-refractivity contribution in [3.63, 3.8) is 0 Å². The molecule has 4 amide bonds. The third kappa shape index (κ3) is 5.03. The molecule has 0 radical (unpaired) electrons. The second kappa shape index (κ2) is 10.3. The number of carbonyl (C=O) groups is 4.